The lowest BCUT2D eigenvalue weighted by atomic mass is 10.1. The number of nitrogens with zero attached hydrogens (tertiary/aromatic N) is 2. The highest BCUT2D eigenvalue weighted by atomic mass is 32.1. The van der Waals surface area contributed by atoms with Crippen LogP contribution in [0.4, 0.5) is 10.3 Å². The Balaban J connectivity index is 0.985. The van der Waals surface area contributed by atoms with E-state index in [4.69, 9.17) is 28.4 Å². The zero-order valence-electron chi connectivity index (χ0n) is 32.6. The van der Waals surface area contributed by atoms with Crippen LogP contribution in [-0.4, -0.2) is 74.0 Å². The molecule has 14 nitrogen and oxygen atoms in total. The lowest BCUT2D eigenvalue weighted by molar-refractivity contribution is -0.133. The highest BCUT2D eigenvalue weighted by Crippen LogP contribution is 2.33. The minimum absolute atomic E-state index is 0.127. The number of methoxy groups -OCH3 is 2. The number of fused-ring (bicyclic) bond motifs is 2. The molecular weight excluding hydrogens is 797 g/mol. The molecule has 0 unspecified atom stereocenters. The predicted octanol–water partition coefficient (Wildman–Crippen LogP) is 8.01. The fraction of sp³-hybridized carbons (Fsp3) is 0.209. The molecule has 0 radical (unpaired) electrons. The Morgan fingerprint density at radius 2 is 1.03 bits per heavy atom. The first-order valence-electron chi connectivity index (χ1n) is 18.4. The van der Waals surface area contributed by atoms with E-state index < -0.39 is 23.5 Å². The van der Waals surface area contributed by atoms with Gasteiger partial charge in [0.25, 0.3) is 0 Å². The van der Waals surface area contributed by atoms with Crippen molar-refractivity contribution >= 4 is 89.0 Å². The van der Waals surface area contributed by atoms with Crippen molar-refractivity contribution < 1.29 is 47.6 Å². The first-order valence-corrected chi connectivity index (χ1v) is 20.0. The molecule has 0 saturated heterocycles. The molecule has 16 heteroatoms. The Hall–Kier alpha value is -6.78. The van der Waals surface area contributed by atoms with Crippen LogP contribution in [0.15, 0.2) is 84.9 Å². The number of carbonyl (C=O) groups excluding carboxylic acids is 4. The molecule has 0 amide bonds. The SMILES string of the molecule is CCOc1cc(/C=C/C(=O)CC(=O)/C=C/c2ccc(OC(=O)CNc3nc4ccc(OC)cc4s3)c(OCC)c2)ccc1OC(=O)CNc1nc2ccc(OC)cc2s1. The number of benzene rings is 4. The lowest BCUT2D eigenvalue weighted by Gasteiger charge is -2.11. The second kappa shape index (κ2) is 20.1. The van der Waals surface area contributed by atoms with Crippen molar-refractivity contribution in [1.82, 2.24) is 9.97 Å². The van der Waals surface area contributed by atoms with Crippen molar-refractivity contribution in [2.45, 2.75) is 20.3 Å². The quantitative estimate of drug-likeness (QED) is 0.0328. The number of ketones is 2. The highest BCUT2D eigenvalue weighted by molar-refractivity contribution is 7.22. The average Bonchev–Trinajstić information content (AvgIpc) is 3.85. The van der Waals surface area contributed by atoms with E-state index in [9.17, 15) is 19.2 Å². The predicted molar refractivity (Wildman–Crippen MR) is 229 cm³/mol. The maximum atomic E-state index is 12.7. The fourth-order valence-electron chi connectivity index (χ4n) is 5.46. The second-order valence-electron chi connectivity index (χ2n) is 12.4. The van der Waals surface area contributed by atoms with Crippen molar-refractivity contribution in [2.75, 3.05) is 51.2 Å². The third kappa shape index (κ3) is 11.6. The summed E-state index contributed by atoms with van der Waals surface area (Å²) in [7, 11) is 3.19. The van der Waals surface area contributed by atoms with Gasteiger partial charge in [-0.2, -0.15) is 0 Å². The number of aromatic nitrogens is 2. The number of nitrogens with one attached hydrogen (secondary N) is 2. The maximum absolute atomic E-state index is 12.7. The Labute approximate surface area is 347 Å². The molecule has 304 valence electrons. The number of ether oxygens (including phenoxy) is 6. The molecule has 2 aromatic heterocycles. The maximum Gasteiger partial charge on any atom is 0.330 e. The third-order valence-electron chi connectivity index (χ3n) is 8.21. The average molecular weight is 837 g/mol. The van der Waals surface area contributed by atoms with Gasteiger partial charge in [0.1, 0.15) is 24.6 Å². The summed E-state index contributed by atoms with van der Waals surface area (Å²) in [5.74, 6) is 0.578. The molecule has 6 rings (SSSR count). The minimum atomic E-state index is -0.548. The Bertz CT molecular complexity index is 2370. The molecular formula is C43H40N4O10S2. The Kier molecular flexibility index (Phi) is 14.2. The lowest BCUT2D eigenvalue weighted by Crippen LogP contribution is -2.19. The Morgan fingerprint density at radius 1 is 0.593 bits per heavy atom. The number of allylic oxidation sites excluding steroid dienone is 2. The van der Waals surface area contributed by atoms with E-state index in [0.29, 0.717) is 57.6 Å². The number of thiazole rings is 2. The van der Waals surface area contributed by atoms with Gasteiger partial charge in [-0.15, -0.1) is 0 Å². The van der Waals surface area contributed by atoms with E-state index >= 15 is 0 Å². The number of hydrogen-bond acceptors (Lipinski definition) is 16. The molecule has 0 aliphatic heterocycles. The van der Waals surface area contributed by atoms with Gasteiger partial charge in [-0.3, -0.25) is 9.59 Å². The molecule has 2 N–H and O–H groups in total. The van der Waals surface area contributed by atoms with Crippen LogP contribution < -0.4 is 39.1 Å². The van der Waals surface area contributed by atoms with Crippen LogP contribution >= 0.6 is 22.7 Å². The van der Waals surface area contributed by atoms with Gasteiger partial charge in [0, 0.05) is 0 Å². The number of anilines is 2. The molecule has 0 fully saturated rings. The molecule has 0 saturated carbocycles. The fourth-order valence-corrected chi connectivity index (χ4v) is 7.24. The van der Waals surface area contributed by atoms with Gasteiger partial charge < -0.3 is 39.1 Å². The van der Waals surface area contributed by atoms with Crippen molar-refractivity contribution in [2.24, 2.45) is 0 Å². The molecule has 6 aromatic rings. The van der Waals surface area contributed by atoms with E-state index in [1.807, 2.05) is 36.4 Å². The van der Waals surface area contributed by atoms with Crippen LogP contribution in [0.5, 0.6) is 34.5 Å². The zero-order valence-corrected chi connectivity index (χ0v) is 34.2. The van der Waals surface area contributed by atoms with E-state index in [0.717, 1.165) is 20.4 Å². The van der Waals surface area contributed by atoms with E-state index in [2.05, 4.69) is 20.6 Å². The van der Waals surface area contributed by atoms with Gasteiger partial charge in [0.05, 0.1) is 54.3 Å². The Morgan fingerprint density at radius 3 is 1.44 bits per heavy atom. The van der Waals surface area contributed by atoms with Gasteiger partial charge in [-0.1, -0.05) is 47.0 Å². The van der Waals surface area contributed by atoms with Gasteiger partial charge >= 0.3 is 11.9 Å². The summed E-state index contributed by atoms with van der Waals surface area (Å²) in [5, 5.41) is 7.11. The molecule has 0 atom stereocenters. The monoisotopic (exact) mass is 836 g/mol. The minimum Gasteiger partial charge on any atom is -0.497 e. The molecule has 4 aromatic carbocycles. The standard InChI is InChI=1S/C43H40N4O10S2/c1-5-54-36-19-26(9-17-34(36)56-40(50)24-44-42-46-32-15-13-30(52-3)22-38(32)58-42)7-11-28(48)21-29(49)12-8-27-10-18-35(37(20-27)55-6-2)57-41(51)25-45-43-47-33-16-14-31(53-4)23-39(33)59-43/h7-20,22-23H,5-6,21,24-25H2,1-4H3,(H,44,46)(H,45,47)/b11-7+,12-8+. The van der Waals surface area contributed by atoms with Crippen LogP contribution in [0.2, 0.25) is 0 Å². The topological polar surface area (TPSA) is 174 Å². The normalized spacial score (nSPS) is 11.2. The van der Waals surface area contributed by atoms with E-state index in [-0.39, 0.29) is 31.0 Å². The summed E-state index contributed by atoms with van der Waals surface area (Å²) in [6.45, 7) is 3.96. The van der Waals surface area contributed by atoms with Crippen LogP contribution in [0, 0.1) is 0 Å². The van der Waals surface area contributed by atoms with Crippen molar-refractivity contribution in [3.8, 4) is 34.5 Å². The van der Waals surface area contributed by atoms with Crippen LogP contribution in [0.1, 0.15) is 31.4 Å². The van der Waals surface area contributed by atoms with E-state index in [1.165, 1.54) is 34.8 Å². The van der Waals surface area contributed by atoms with Crippen molar-refractivity contribution in [3.63, 3.8) is 0 Å². The third-order valence-corrected chi connectivity index (χ3v) is 10.2. The van der Waals surface area contributed by atoms with E-state index in [1.54, 1.807) is 76.6 Å². The molecule has 59 heavy (non-hydrogen) atoms. The summed E-state index contributed by atoms with van der Waals surface area (Å²) in [5.41, 5.74) is 2.77. The zero-order chi connectivity index (χ0) is 41.7. The first-order chi connectivity index (χ1) is 28.6. The summed E-state index contributed by atoms with van der Waals surface area (Å²) in [6.07, 6.45) is 5.35. The number of hydrogen-bond donors (Lipinski definition) is 2. The van der Waals surface area contributed by atoms with Crippen molar-refractivity contribution in [1.29, 1.82) is 0 Å². The molecule has 0 spiro atoms. The summed E-state index contributed by atoms with van der Waals surface area (Å²) in [6, 6.07) is 20.8. The highest BCUT2D eigenvalue weighted by Gasteiger charge is 2.15. The molecule has 2 heterocycles. The summed E-state index contributed by atoms with van der Waals surface area (Å²) >= 11 is 2.78. The van der Waals surface area contributed by atoms with Crippen LogP contribution in [-0.2, 0) is 19.2 Å². The van der Waals surface area contributed by atoms with Gasteiger partial charge in [-0.05, 0) is 97.8 Å². The van der Waals surface area contributed by atoms with Crippen molar-refractivity contribution in [3.05, 3.63) is 96.1 Å². The summed E-state index contributed by atoms with van der Waals surface area (Å²) in [4.78, 5) is 59.7. The number of esters is 2. The van der Waals surface area contributed by atoms with Crippen LogP contribution in [0.3, 0.4) is 0 Å². The van der Waals surface area contributed by atoms with Gasteiger partial charge in [0.2, 0.25) is 0 Å². The largest absolute Gasteiger partial charge is 0.497 e. The number of carbonyl (C=O) groups is 4. The second-order valence-corrected chi connectivity index (χ2v) is 14.5. The number of rotatable bonds is 20. The molecule has 0 aliphatic carbocycles. The first kappa shape index (κ1) is 41.8. The smallest absolute Gasteiger partial charge is 0.330 e. The molecule has 0 aliphatic rings. The van der Waals surface area contributed by atoms with Gasteiger partial charge in [-0.25, -0.2) is 19.6 Å². The summed E-state index contributed by atoms with van der Waals surface area (Å²) < 4.78 is 34.9. The van der Waals surface area contributed by atoms with Gasteiger partial charge in [0.15, 0.2) is 44.8 Å². The van der Waals surface area contributed by atoms with Crippen LogP contribution in [0.25, 0.3) is 32.6 Å². The molecule has 0 bridgehead atoms.